The van der Waals surface area contributed by atoms with E-state index in [1.165, 1.54) is 0 Å². The van der Waals surface area contributed by atoms with E-state index in [-0.39, 0.29) is 30.6 Å². The van der Waals surface area contributed by atoms with Crippen LogP contribution in [-0.4, -0.2) is 17.7 Å². The Morgan fingerprint density at radius 2 is 1.81 bits per heavy atom. The highest BCUT2D eigenvalue weighted by Crippen LogP contribution is 2.54. The number of carbonyl (C=O) groups excluding carboxylic acids is 2. The first-order valence-electron chi connectivity index (χ1n) is 5.22. The topological polar surface area (TPSA) is 34.1 Å². The number of carbonyl (C=O) groups is 2. The van der Waals surface area contributed by atoms with Crippen LogP contribution in [0, 0.1) is 5.41 Å². The van der Waals surface area contributed by atoms with E-state index < -0.39 is 23.8 Å². The molecular weight excluding hydrogens is 221 g/mol. The van der Waals surface area contributed by atoms with Gasteiger partial charge in [0.25, 0.3) is 0 Å². The van der Waals surface area contributed by atoms with Crippen molar-refractivity contribution in [2.24, 2.45) is 5.41 Å². The van der Waals surface area contributed by atoms with E-state index in [1.54, 1.807) is 0 Å². The van der Waals surface area contributed by atoms with Crippen LogP contribution in [0.1, 0.15) is 32.1 Å². The predicted octanol–water partition coefficient (Wildman–Crippen LogP) is 2.58. The highest BCUT2D eigenvalue weighted by molar-refractivity contribution is 5.98. The van der Waals surface area contributed by atoms with Gasteiger partial charge in [0.15, 0.2) is 11.6 Å². The molecule has 88 valence electrons. The molecule has 16 heavy (non-hydrogen) atoms. The van der Waals surface area contributed by atoms with Crippen LogP contribution in [0.25, 0.3) is 0 Å². The zero-order chi connectivity index (χ0) is 12.0. The zero-order valence-corrected chi connectivity index (χ0v) is 8.56. The van der Waals surface area contributed by atoms with Gasteiger partial charge in [-0.05, 0) is 30.9 Å². The summed E-state index contributed by atoms with van der Waals surface area (Å²) in [5.74, 6) is -1.07. The number of halogens is 3. The summed E-state index contributed by atoms with van der Waals surface area (Å²) >= 11 is 0. The van der Waals surface area contributed by atoms with Gasteiger partial charge in [-0.3, -0.25) is 9.59 Å². The van der Waals surface area contributed by atoms with Crippen molar-refractivity contribution < 1.29 is 22.8 Å². The lowest BCUT2D eigenvalue weighted by Crippen LogP contribution is -2.50. The third-order valence-electron chi connectivity index (χ3n) is 3.44. The van der Waals surface area contributed by atoms with E-state index in [2.05, 4.69) is 0 Å². The van der Waals surface area contributed by atoms with Gasteiger partial charge in [0, 0.05) is 12.8 Å². The lowest BCUT2D eigenvalue weighted by Gasteiger charge is -2.41. The van der Waals surface area contributed by atoms with Crippen LogP contribution in [0.4, 0.5) is 13.2 Å². The summed E-state index contributed by atoms with van der Waals surface area (Å²) in [5, 5.41) is 0. The van der Waals surface area contributed by atoms with Gasteiger partial charge in [-0.1, -0.05) is 0 Å². The first-order valence-corrected chi connectivity index (χ1v) is 5.22. The number of ketones is 2. The van der Waals surface area contributed by atoms with Gasteiger partial charge in [-0.15, -0.1) is 0 Å². The Morgan fingerprint density at radius 1 is 1.12 bits per heavy atom. The third kappa shape index (κ3) is 1.41. The molecule has 2 aliphatic carbocycles. The summed E-state index contributed by atoms with van der Waals surface area (Å²) in [6.07, 6.45) is -3.54. The monoisotopic (exact) mass is 232 g/mol. The molecule has 1 atom stereocenters. The number of Topliss-reactive ketones (excluding diaryl/α,β-unsaturated/α-hetero) is 1. The second kappa shape index (κ2) is 3.43. The minimum absolute atomic E-state index is 0.0208. The van der Waals surface area contributed by atoms with Crippen LogP contribution in [0.15, 0.2) is 11.6 Å². The summed E-state index contributed by atoms with van der Waals surface area (Å²) in [7, 11) is 0. The molecule has 0 aromatic heterocycles. The van der Waals surface area contributed by atoms with Crippen molar-refractivity contribution in [3.8, 4) is 0 Å². The summed E-state index contributed by atoms with van der Waals surface area (Å²) in [6, 6.07) is 0. The largest absolute Gasteiger partial charge is 0.404 e. The molecule has 0 aromatic rings. The van der Waals surface area contributed by atoms with Gasteiger partial charge >= 0.3 is 6.18 Å². The van der Waals surface area contributed by atoms with Crippen LogP contribution in [-0.2, 0) is 9.59 Å². The molecule has 2 aliphatic rings. The number of rotatable bonds is 0. The Morgan fingerprint density at radius 3 is 2.44 bits per heavy atom. The lowest BCUT2D eigenvalue weighted by molar-refractivity contribution is -0.214. The molecule has 0 aromatic carbocycles. The molecule has 0 bridgehead atoms. The SMILES string of the molecule is O=C1C=C2CCCC(=O)[C@@]2(C(F)(F)F)CC1. The van der Waals surface area contributed by atoms with Crippen LogP contribution in [0.3, 0.4) is 0 Å². The second-order valence-electron chi connectivity index (χ2n) is 4.32. The molecule has 0 heterocycles. The fourth-order valence-electron chi connectivity index (χ4n) is 2.60. The second-order valence-corrected chi connectivity index (χ2v) is 4.32. The fourth-order valence-corrected chi connectivity index (χ4v) is 2.60. The summed E-state index contributed by atoms with van der Waals surface area (Å²) in [4.78, 5) is 22.8. The molecule has 0 amide bonds. The van der Waals surface area contributed by atoms with Gasteiger partial charge in [-0.25, -0.2) is 0 Å². The van der Waals surface area contributed by atoms with E-state index in [9.17, 15) is 22.8 Å². The van der Waals surface area contributed by atoms with Crippen LogP contribution >= 0.6 is 0 Å². The molecule has 0 spiro atoms. The minimum Gasteiger partial charge on any atom is -0.298 e. The number of hydrogen-bond donors (Lipinski definition) is 0. The Balaban J connectivity index is 2.54. The zero-order valence-electron chi connectivity index (χ0n) is 8.56. The van der Waals surface area contributed by atoms with Crippen LogP contribution < -0.4 is 0 Å². The summed E-state index contributed by atoms with van der Waals surface area (Å²) in [5.41, 5.74) is -2.37. The molecule has 0 aliphatic heterocycles. The van der Waals surface area contributed by atoms with Crippen LogP contribution in [0.2, 0.25) is 0 Å². The molecule has 2 nitrogen and oxygen atoms in total. The summed E-state index contributed by atoms with van der Waals surface area (Å²) in [6.45, 7) is 0. The average molecular weight is 232 g/mol. The molecule has 0 saturated heterocycles. The Bertz CT molecular complexity index is 381. The van der Waals surface area contributed by atoms with E-state index >= 15 is 0 Å². The molecule has 0 unspecified atom stereocenters. The standard InChI is InChI=1S/C11H11F3O2/c12-11(13,14)10-5-4-8(15)6-7(10)2-1-3-9(10)16/h6H,1-5H2/t10-/m1/s1. The van der Waals surface area contributed by atoms with E-state index in [0.717, 1.165) is 6.08 Å². The van der Waals surface area contributed by atoms with Crippen molar-refractivity contribution in [3.63, 3.8) is 0 Å². The van der Waals surface area contributed by atoms with Gasteiger partial charge < -0.3 is 0 Å². The summed E-state index contributed by atoms with van der Waals surface area (Å²) < 4.78 is 39.2. The first-order chi connectivity index (χ1) is 7.38. The normalized spacial score (nSPS) is 31.1. The van der Waals surface area contributed by atoms with Gasteiger partial charge in [-0.2, -0.15) is 13.2 Å². The number of alkyl halides is 3. The Hall–Kier alpha value is -1.13. The molecule has 1 fully saturated rings. The van der Waals surface area contributed by atoms with E-state index in [4.69, 9.17) is 0 Å². The molecule has 5 heteroatoms. The van der Waals surface area contributed by atoms with Crippen molar-refractivity contribution in [1.29, 1.82) is 0 Å². The van der Waals surface area contributed by atoms with Gasteiger partial charge in [0.1, 0.15) is 5.41 Å². The maximum Gasteiger partial charge on any atom is 0.404 e. The molecule has 0 N–H and O–H groups in total. The van der Waals surface area contributed by atoms with E-state index in [1.807, 2.05) is 0 Å². The highest BCUT2D eigenvalue weighted by Gasteiger charge is 2.63. The quantitative estimate of drug-likeness (QED) is 0.643. The van der Waals surface area contributed by atoms with Crippen molar-refractivity contribution in [1.82, 2.24) is 0 Å². The van der Waals surface area contributed by atoms with Crippen LogP contribution in [0.5, 0.6) is 0 Å². The highest BCUT2D eigenvalue weighted by atomic mass is 19.4. The molecule has 1 saturated carbocycles. The van der Waals surface area contributed by atoms with Gasteiger partial charge in [0.05, 0.1) is 0 Å². The molecular formula is C11H11F3O2. The van der Waals surface area contributed by atoms with Crippen molar-refractivity contribution in [2.45, 2.75) is 38.3 Å². The van der Waals surface area contributed by atoms with E-state index in [0.29, 0.717) is 6.42 Å². The number of hydrogen-bond acceptors (Lipinski definition) is 2. The van der Waals surface area contributed by atoms with Crippen molar-refractivity contribution in [2.75, 3.05) is 0 Å². The average Bonchev–Trinajstić information content (AvgIpc) is 2.15. The number of fused-ring (bicyclic) bond motifs is 1. The maximum atomic E-state index is 13.1. The fraction of sp³-hybridized carbons (Fsp3) is 0.636. The number of allylic oxidation sites excluding steroid dienone is 2. The molecule has 2 rings (SSSR count). The molecule has 0 radical (unpaired) electrons. The van der Waals surface area contributed by atoms with Crippen molar-refractivity contribution in [3.05, 3.63) is 11.6 Å². The third-order valence-corrected chi connectivity index (χ3v) is 3.44. The maximum absolute atomic E-state index is 13.1. The van der Waals surface area contributed by atoms with Crippen molar-refractivity contribution >= 4 is 11.6 Å². The Labute approximate surface area is 90.5 Å². The van der Waals surface area contributed by atoms with Gasteiger partial charge in [0.2, 0.25) is 0 Å². The Kier molecular flexibility index (Phi) is 2.44. The minimum atomic E-state index is -4.57. The predicted molar refractivity (Wildman–Crippen MR) is 49.7 cm³/mol. The lowest BCUT2D eigenvalue weighted by atomic mass is 9.63. The first kappa shape index (κ1) is 11.4. The smallest absolute Gasteiger partial charge is 0.298 e.